The maximum Gasteiger partial charge on any atom is 0.303 e. The summed E-state index contributed by atoms with van der Waals surface area (Å²) < 4.78 is 0. The van der Waals surface area contributed by atoms with Crippen molar-refractivity contribution < 1.29 is 15.0 Å². The average Bonchev–Trinajstić information content (AvgIpc) is 1.79. The van der Waals surface area contributed by atoms with E-state index in [1.165, 1.54) is 0 Å². The Morgan fingerprint density at radius 1 is 1.50 bits per heavy atom. The number of rotatable bonds is 5. The van der Waals surface area contributed by atoms with Crippen molar-refractivity contribution in [3.05, 3.63) is 0 Å². The van der Waals surface area contributed by atoms with Gasteiger partial charge in [0, 0.05) is 6.42 Å². The van der Waals surface area contributed by atoms with Crippen molar-refractivity contribution in [2.75, 3.05) is 0 Å². The normalized spacial score (nSPS) is 13.0. The monoisotopic (exact) mass is 166 g/mol. The highest BCUT2D eigenvalue weighted by Gasteiger charge is 1.99. The number of aliphatic carboxylic acids is 1. The minimum Gasteiger partial charge on any atom is -0.481 e. The number of hydrogen-bond donors (Lipinski definition) is 2. The Bertz CT molecular complexity index is 103. The molecule has 4 heteroatoms. The smallest absolute Gasteiger partial charge is 0.303 e. The van der Waals surface area contributed by atoms with Crippen molar-refractivity contribution in [2.24, 2.45) is 0 Å². The van der Waals surface area contributed by atoms with Gasteiger partial charge in [0.1, 0.15) is 5.56 Å². The van der Waals surface area contributed by atoms with Crippen molar-refractivity contribution in [1.82, 2.24) is 0 Å². The number of carboxylic acid groups (broad SMARTS) is 1. The molecule has 0 heterocycles. The Morgan fingerprint density at radius 3 is 2.50 bits per heavy atom. The molecule has 3 nitrogen and oxygen atoms in total. The third kappa shape index (κ3) is 7.72. The van der Waals surface area contributed by atoms with Crippen molar-refractivity contribution in [1.29, 1.82) is 0 Å². The Morgan fingerprint density at radius 2 is 2.10 bits per heavy atom. The molecular formula is C6H11ClO3. The van der Waals surface area contributed by atoms with Crippen LogP contribution in [0.25, 0.3) is 0 Å². The van der Waals surface area contributed by atoms with Crippen LogP contribution in [0.4, 0.5) is 0 Å². The van der Waals surface area contributed by atoms with Crippen LogP contribution in [0.5, 0.6) is 0 Å². The Kier molecular flexibility index (Phi) is 5.35. The minimum absolute atomic E-state index is 0.156. The Labute approximate surface area is 64.6 Å². The molecule has 1 unspecified atom stereocenters. The fourth-order valence-corrected chi connectivity index (χ4v) is 0.743. The summed E-state index contributed by atoms with van der Waals surface area (Å²) in [6.07, 6.45) is 1.87. The minimum atomic E-state index is -0.825. The first kappa shape index (κ1) is 9.72. The van der Waals surface area contributed by atoms with Gasteiger partial charge in [-0.1, -0.05) is 11.6 Å². The van der Waals surface area contributed by atoms with E-state index in [4.69, 9.17) is 21.8 Å². The van der Waals surface area contributed by atoms with E-state index in [2.05, 4.69) is 0 Å². The first-order chi connectivity index (χ1) is 4.63. The highest BCUT2D eigenvalue weighted by molar-refractivity contribution is 6.19. The lowest BCUT2D eigenvalue weighted by Gasteiger charge is -1.98. The average molecular weight is 167 g/mol. The Hall–Kier alpha value is -0.280. The third-order valence-electron chi connectivity index (χ3n) is 1.08. The van der Waals surface area contributed by atoms with Gasteiger partial charge in [-0.05, 0) is 19.3 Å². The second-order valence-electron chi connectivity index (χ2n) is 2.07. The summed E-state index contributed by atoms with van der Waals surface area (Å²) in [5.74, 6) is -0.802. The molecule has 0 aliphatic carbocycles. The van der Waals surface area contributed by atoms with Crippen molar-refractivity contribution >= 4 is 17.6 Å². The van der Waals surface area contributed by atoms with Crippen molar-refractivity contribution in [2.45, 2.75) is 31.2 Å². The maximum absolute atomic E-state index is 9.95. The van der Waals surface area contributed by atoms with Gasteiger partial charge < -0.3 is 10.2 Å². The standard InChI is InChI=1S/C6H11ClO3/c7-5(8)3-1-2-4-6(9)10/h5,8H,1-4H2,(H,9,10). The van der Waals surface area contributed by atoms with Crippen LogP contribution in [0, 0.1) is 0 Å². The van der Waals surface area contributed by atoms with Crippen LogP contribution in [0.15, 0.2) is 0 Å². The van der Waals surface area contributed by atoms with Crippen LogP contribution in [0.3, 0.4) is 0 Å². The van der Waals surface area contributed by atoms with E-state index >= 15 is 0 Å². The fourth-order valence-electron chi connectivity index (χ4n) is 0.589. The molecule has 0 bridgehead atoms. The molecule has 10 heavy (non-hydrogen) atoms. The fraction of sp³-hybridized carbons (Fsp3) is 0.833. The summed E-state index contributed by atoms with van der Waals surface area (Å²) in [6, 6.07) is 0. The molecule has 2 N–H and O–H groups in total. The molecule has 0 aromatic heterocycles. The molecule has 0 aromatic rings. The number of unbranched alkanes of at least 4 members (excludes halogenated alkanes) is 1. The predicted octanol–water partition coefficient (Wildman–Crippen LogP) is 1.19. The summed E-state index contributed by atoms with van der Waals surface area (Å²) >= 11 is 5.20. The number of aliphatic hydroxyl groups is 1. The van der Waals surface area contributed by atoms with E-state index < -0.39 is 11.5 Å². The molecule has 0 fully saturated rings. The second kappa shape index (κ2) is 5.50. The number of carboxylic acids is 1. The molecule has 0 radical (unpaired) electrons. The summed E-state index contributed by atoms with van der Waals surface area (Å²) in [5, 5.41) is 16.7. The van der Waals surface area contributed by atoms with E-state index in [0.717, 1.165) is 0 Å². The van der Waals surface area contributed by atoms with Crippen LogP contribution in [0.1, 0.15) is 25.7 Å². The van der Waals surface area contributed by atoms with Gasteiger partial charge in [-0.15, -0.1) is 0 Å². The van der Waals surface area contributed by atoms with E-state index in [0.29, 0.717) is 19.3 Å². The number of aliphatic hydroxyl groups excluding tert-OH is 1. The molecule has 0 saturated heterocycles. The van der Waals surface area contributed by atoms with E-state index in [-0.39, 0.29) is 6.42 Å². The van der Waals surface area contributed by atoms with Crippen LogP contribution >= 0.6 is 11.6 Å². The van der Waals surface area contributed by atoms with Gasteiger partial charge in [0.2, 0.25) is 0 Å². The number of alkyl halides is 1. The summed E-state index contributed by atoms with van der Waals surface area (Å²) in [7, 11) is 0. The lowest BCUT2D eigenvalue weighted by molar-refractivity contribution is -0.137. The molecule has 0 aliphatic heterocycles. The van der Waals surface area contributed by atoms with Gasteiger partial charge in [0.25, 0.3) is 0 Å². The lowest BCUT2D eigenvalue weighted by Crippen LogP contribution is -1.97. The van der Waals surface area contributed by atoms with Gasteiger partial charge in [-0.3, -0.25) is 4.79 Å². The summed E-state index contributed by atoms with van der Waals surface area (Å²) in [5.41, 5.74) is -0.825. The SMILES string of the molecule is O=C(O)CCCCC(O)Cl. The molecular weight excluding hydrogens is 156 g/mol. The van der Waals surface area contributed by atoms with Crippen molar-refractivity contribution in [3.8, 4) is 0 Å². The second-order valence-corrected chi connectivity index (χ2v) is 2.58. The topological polar surface area (TPSA) is 57.5 Å². The zero-order valence-corrected chi connectivity index (χ0v) is 6.34. The molecule has 0 rings (SSSR count). The summed E-state index contributed by atoms with van der Waals surface area (Å²) in [4.78, 5) is 9.95. The van der Waals surface area contributed by atoms with Crippen LogP contribution in [0.2, 0.25) is 0 Å². The van der Waals surface area contributed by atoms with Gasteiger partial charge in [-0.25, -0.2) is 0 Å². The zero-order chi connectivity index (χ0) is 7.98. The van der Waals surface area contributed by atoms with Crippen molar-refractivity contribution in [3.63, 3.8) is 0 Å². The highest BCUT2D eigenvalue weighted by Crippen LogP contribution is 2.05. The summed E-state index contributed by atoms with van der Waals surface area (Å²) in [6.45, 7) is 0. The third-order valence-corrected chi connectivity index (χ3v) is 1.30. The van der Waals surface area contributed by atoms with Crippen LogP contribution < -0.4 is 0 Å². The Balaban J connectivity index is 2.98. The molecule has 0 aromatic carbocycles. The van der Waals surface area contributed by atoms with Gasteiger partial charge >= 0.3 is 5.97 Å². The van der Waals surface area contributed by atoms with Crippen LogP contribution in [-0.2, 0) is 4.79 Å². The van der Waals surface area contributed by atoms with Crippen LogP contribution in [-0.4, -0.2) is 21.7 Å². The van der Waals surface area contributed by atoms with Gasteiger partial charge in [0.05, 0.1) is 0 Å². The molecule has 0 aliphatic rings. The highest BCUT2D eigenvalue weighted by atomic mass is 35.5. The van der Waals surface area contributed by atoms with Gasteiger partial charge in [0.15, 0.2) is 0 Å². The number of carbonyl (C=O) groups is 1. The number of hydrogen-bond acceptors (Lipinski definition) is 2. The molecule has 0 saturated carbocycles. The molecule has 1 atom stereocenters. The number of halogens is 1. The first-order valence-electron chi connectivity index (χ1n) is 3.17. The largest absolute Gasteiger partial charge is 0.481 e. The van der Waals surface area contributed by atoms with E-state index in [1.54, 1.807) is 0 Å². The van der Waals surface area contributed by atoms with E-state index in [1.807, 2.05) is 0 Å². The van der Waals surface area contributed by atoms with E-state index in [9.17, 15) is 4.79 Å². The lowest BCUT2D eigenvalue weighted by atomic mass is 10.2. The maximum atomic E-state index is 9.95. The van der Waals surface area contributed by atoms with Gasteiger partial charge in [-0.2, -0.15) is 0 Å². The first-order valence-corrected chi connectivity index (χ1v) is 3.60. The molecule has 0 spiro atoms. The zero-order valence-electron chi connectivity index (χ0n) is 5.59. The quantitative estimate of drug-likeness (QED) is 0.477. The predicted molar refractivity (Wildman–Crippen MR) is 38.0 cm³/mol. The molecule has 0 amide bonds. The molecule has 60 valence electrons.